The van der Waals surface area contributed by atoms with Gasteiger partial charge in [-0.3, -0.25) is 4.79 Å². The monoisotopic (exact) mass is 292 g/mol. The van der Waals surface area contributed by atoms with Gasteiger partial charge in [-0.1, -0.05) is 42.5 Å². The molecule has 0 radical (unpaired) electrons. The Morgan fingerprint density at radius 1 is 1.10 bits per heavy atom. The molecule has 0 spiro atoms. The van der Waals surface area contributed by atoms with E-state index in [1.54, 1.807) is 24.3 Å². The highest BCUT2D eigenvalue weighted by molar-refractivity contribution is 7.98. The third kappa shape index (κ3) is 2.75. The van der Waals surface area contributed by atoms with Crippen molar-refractivity contribution in [2.75, 3.05) is 6.26 Å². The second-order valence-corrected chi connectivity index (χ2v) is 5.30. The summed E-state index contributed by atoms with van der Waals surface area (Å²) < 4.78 is 28.6. The lowest BCUT2D eigenvalue weighted by atomic mass is 9.98. The van der Waals surface area contributed by atoms with Gasteiger partial charge in [-0.2, -0.15) is 8.78 Å². The zero-order chi connectivity index (χ0) is 14.8. The normalized spacial score (nSPS) is 11.4. The van der Waals surface area contributed by atoms with E-state index in [2.05, 4.69) is 0 Å². The molecule has 0 atom stereocenters. The van der Waals surface area contributed by atoms with Crippen LogP contribution in [0.4, 0.5) is 8.78 Å². The zero-order valence-electron chi connectivity index (χ0n) is 11.2. The fraction of sp³-hybridized carbons (Fsp3) is 0.188. The quantitative estimate of drug-likeness (QED) is 0.600. The number of hydrogen-bond acceptors (Lipinski definition) is 2. The Morgan fingerprint density at radius 2 is 1.75 bits per heavy atom. The second kappa shape index (κ2) is 5.75. The van der Waals surface area contributed by atoms with E-state index in [0.29, 0.717) is 0 Å². The van der Waals surface area contributed by atoms with Gasteiger partial charge in [-0.15, -0.1) is 11.8 Å². The fourth-order valence-corrected chi connectivity index (χ4v) is 2.55. The van der Waals surface area contributed by atoms with Gasteiger partial charge >= 0.3 is 5.92 Å². The number of ketones is 1. The van der Waals surface area contributed by atoms with Crippen molar-refractivity contribution < 1.29 is 13.6 Å². The van der Waals surface area contributed by atoms with Crippen molar-refractivity contribution in [3.8, 4) is 0 Å². The minimum atomic E-state index is -3.51. The smallest absolute Gasteiger partial charge is 0.287 e. The molecule has 0 amide bonds. The van der Waals surface area contributed by atoms with Gasteiger partial charge < -0.3 is 0 Å². The van der Waals surface area contributed by atoms with Crippen LogP contribution in [-0.2, 0) is 5.92 Å². The molecule has 2 aromatic rings. The summed E-state index contributed by atoms with van der Waals surface area (Å²) in [6.45, 7) is 1.85. The van der Waals surface area contributed by atoms with Crippen molar-refractivity contribution in [2.45, 2.75) is 17.7 Å². The van der Waals surface area contributed by atoms with Crippen LogP contribution in [0.25, 0.3) is 0 Å². The topological polar surface area (TPSA) is 17.1 Å². The molecule has 0 aliphatic carbocycles. The second-order valence-electron chi connectivity index (χ2n) is 4.45. The molecule has 0 saturated heterocycles. The predicted octanol–water partition coefficient (Wildman–Crippen LogP) is 4.69. The van der Waals surface area contributed by atoms with Gasteiger partial charge in [-0.25, -0.2) is 0 Å². The Labute approximate surface area is 121 Å². The minimum absolute atomic E-state index is 0.0174. The highest BCUT2D eigenvalue weighted by atomic mass is 32.2. The summed E-state index contributed by atoms with van der Waals surface area (Å²) in [5.41, 5.74) is 0.675. The largest absolute Gasteiger partial charge is 0.335 e. The third-order valence-corrected chi connectivity index (χ3v) is 3.97. The van der Waals surface area contributed by atoms with E-state index in [0.717, 1.165) is 10.5 Å². The molecule has 0 fully saturated rings. The molecule has 0 saturated carbocycles. The minimum Gasteiger partial charge on any atom is -0.287 e. The molecule has 0 aromatic heterocycles. The maximum absolute atomic E-state index is 14.3. The fourth-order valence-electron chi connectivity index (χ4n) is 1.92. The van der Waals surface area contributed by atoms with Crippen molar-refractivity contribution >= 4 is 17.5 Å². The first-order chi connectivity index (χ1) is 9.46. The summed E-state index contributed by atoms with van der Waals surface area (Å²) >= 11 is 1.39. The average Bonchev–Trinajstić information content (AvgIpc) is 2.47. The summed E-state index contributed by atoms with van der Waals surface area (Å²) in [6, 6.07) is 12.0. The first kappa shape index (κ1) is 14.7. The van der Waals surface area contributed by atoms with Crippen LogP contribution >= 0.6 is 11.8 Å². The first-order valence-corrected chi connectivity index (χ1v) is 7.32. The number of aryl methyl sites for hydroxylation is 1. The molecule has 1 nitrogen and oxygen atoms in total. The summed E-state index contributed by atoms with van der Waals surface area (Å²) in [5, 5.41) is 0. The van der Waals surface area contributed by atoms with Crippen LogP contribution in [0.3, 0.4) is 0 Å². The van der Waals surface area contributed by atoms with E-state index in [-0.39, 0.29) is 11.1 Å². The van der Waals surface area contributed by atoms with Gasteiger partial charge in [-0.05, 0) is 24.8 Å². The number of thioether (sulfide) groups is 1. The van der Waals surface area contributed by atoms with Crippen molar-refractivity contribution in [2.24, 2.45) is 0 Å². The van der Waals surface area contributed by atoms with Gasteiger partial charge in [0.1, 0.15) is 0 Å². The number of halogens is 2. The van der Waals surface area contributed by atoms with E-state index in [4.69, 9.17) is 0 Å². The SMILES string of the molecule is CSc1cc(C(F)(F)C(=O)c2ccccc2)ccc1C. The molecule has 0 heterocycles. The third-order valence-electron chi connectivity index (χ3n) is 3.09. The number of hydrogen-bond donors (Lipinski definition) is 0. The van der Waals surface area contributed by atoms with Gasteiger partial charge in [0.2, 0.25) is 5.78 Å². The van der Waals surface area contributed by atoms with Gasteiger partial charge in [0.25, 0.3) is 0 Å². The van der Waals surface area contributed by atoms with Gasteiger partial charge in [0, 0.05) is 16.0 Å². The Balaban J connectivity index is 2.42. The van der Waals surface area contributed by atoms with Gasteiger partial charge in [0.15, 0.2) is 0 Å². The number of carbonyl (C=O) groups is 1. The van der Waals surface area contributed by atoms with E-state index < -0.39 is 11.7 Å². The molecule has 4 heteroatoms. The molecule has 20 heavy (non-hydrogen) atoms. The molecular weight excluding hydrogens is 278 g/mol. The van der Waals surface area contributed by atoms with Gasteiger partial charge in [0.05, 0.1) is 0 Å². The number of Topliss-reactive ketones (excluding diaryl/α,β-unsaturated/α-hetero) is 1. The Morgan fingerprint density at radius 3 is 2.35 bits per heavy atom. The van der Waals surface area contributed by atoms with Crippen molar-refractivity contribution in [1.82, 2.24) is 0 Å². The molecular formula is C16H14F2OS. The number of rotatable bonds is 4. The van der Waals surface area contributed by atoms with Crippen LogP contribution in [0.15, 0.2) is 53.4 Å². The molecule has 2 aromatic carbocycles. The molecule has 104 valence electrons. The maximum Gasteiger partial charge on any atom is 0.335 e. The Bertz CT molecular complexity index is 624. The van der Waals surface area contributed by atoms with Crippen LogP contribution in [0.5, 0.6) is 0 Å². The summed E-state index contributed by atoms with van der Waals surface area (Å²) in [4.78, 5) is 12.7. The van der Waals surface area contributed by atoms with E-state index in [1.165, 1.54) is 36.0 Å². The van der Waals surface area contributed by atoms with Crippen LogP contribution in [-0.4, -0.2) is 12.0 Å². The predicted molar refractivity (Wildman–Crippen MR) is 77.6 cm³/mol. The molecule has 2 rings (SSSR count). The van der Waals surface area contributed by atoms with Crippen LogP contribution in [0.1, 0.15) is 21.5 Å². The standard InChI is InChI=1S/C16H14F2OS/c1-11-8-9-13(10-14(11)20-2)16(17,18)15(19)12-6-4-3-5-7-12/h3-10H,1-2H3. The van der Waals surface area contributed by atoms with Crippen LogP contribution in [0, 0.1) is 6.92 Å². The number of alkyl halides is 2. The van der Waals surface area contributed by atoms with Crippen molar-refractivity contribution in [3.63, 3.8) is 0 Å². The number of carbonyl (C=O) groups excluding carboxylic acids is 1. The number of benzene rings is 2. The van der Waals surface area contributed by atoms with E-state index in [1.807, 2.05) is 13.2 Å². The zero-order valence-corrected chi connectivity index (χ0v) is 12.0. The highest BCUT2D eigenvalue weighted by Crippen LogP contribution is 2.34. The molecule has 0 aliphatic rings. The highest BCUT2D eigenvalue weighted by Gasteiger charge is 2.41. The van der Waals surface area contributed by atoms with Crippen molar-refractivity contribution in [1.29, 1.82) is 0 Å². The Kier molecular flexibility index (Phi) is 4.23. The van der Waals surface area contributed by atoms with Crippen molar-refractivity contribution in [3.05, 3.63) is 65.2 Å². The summed E-state index contributed by atoms with van der Waals surface area (Å²) in [5.74, 6) is -4.69. The van der Waals surface area contributed by atoms with E-state index >= 15 is 0 Å². The van der Waals surface area contributed by atoms with Crippen LogP contribution < -0.4 is 0 Å². The van der Waals surface area contributed by atoms with E-state index in [9.17, 15) is 13.6 Å². The summed E-state index contributed by atoms with van der Waals surface area (Å²) in [6.07, 6.45) is 1.82. The molecule has 0 unspecified atom stereocenters. The first-order valence-electron chi connectivity index (χ1n) is 6.09. The lowest BCUT2D eigenvalue weighted by molar-refractivity contribution is 0.00729. The molecule has 0 N–H and O–H groups in total. The Hall–Kier alpha value is -1.68. The average molecular weight is 292 g/mol. The lowest BCUT2D eigenvalue weighted by Crippen LogP contribution is -2.26. The molecule has 0 aliphatic heterocycles. The lowest BCUT2D eigenvalue weighted by Gasteiger charge is -2.17. The molecule has 0 bridgehead atoms. The van der Waals surface area contributed by atoms with Crippen LogP contribution in [0.2, 0.25) is 0 Å². The maximum atomic E-state index is 14.3. The summed E-state index contributed by atoms with van der Waals surface area (Å²) in [7, 11) is 0.